The van der Waals surface area contributed by atoms with E-state index in [-0.39, 0.29) is 22.9 Å². The first-order valence-electron chi connectivity index (χ1n) is 10.1. The van der Waals surface area contributed by atoms with Crippen molar-refractivity contribution < 1.29 is 18.7 Å². The van der Waals surface area contributed by atoms with Gasteiger partial charge >= 0.3 is 0 Å². The molecule has 0 aromatic heterocycles. The van der Waals surface area contributed by atoms with E-state index in [1.165, 1.54) is 12.1 Å². The SMILES string of the molecule is NC1CCN(c2c(NC(=O)c3cccc(O)c3)cccc2-c2cc(F)ccc2F)CC1. The number of rotatable bonds is 4. The topological polar surface area (TPSA) is 78.6 Å². The van der Waals surface area contributed by atoms with E-state index in [0.29, 0.717) is 30.0 Å². The molecule has 0 atom stereocenters. The second-order valence-electron chi connectivity index (χ2n) is 7.65. The van der Waals surface area contributed by atoms with Crippen LogP contribution in [-0.2, 0) is 0 Å². The third-order valence-corrected chi connectivity index (χ3v) is 5.47. The molecule has 1 fully saturated rings. The number of nitrogens with two attached hydrogens (primary N) is 1. The molecule has 7 heteroatoms. The summed E-state index contributed by atoms with van der Waals surface area (Å²) in [6.45, 7) is 1.26. The highest BCUT2D eigenvalue weighted by molar-refractivity contribution is 6.07. The van der Waals surface area contributed by atoms with E-state index >= 15 is 0 Å². The van der Waals surface area contributed by atoms with E-state index in [0.717, 1.165) is 31.0 Å². The Morgan fingerprint density at radius 2 is 1.74 bits per heavy atom. The number of aromatic hydroxyl groups is 1. The van der Waals surface area contributed by atoms with Crippen molar-refractivity contribution in [3.05, 3.63) is 77.9 Å². The summed E-state index contributed by atoms with van der Waals surface area (Å²) >= 11 is 0. The molecule has 0 unspecified atom stereocenters. The number of benzene rings is 3. The molecule has 1 heterocycles. The Labute approximate surface area is 179 Å². The highest BCUT2D eigenvalue weighted by Crippen LogP contribution is 2.40. The minimum Gasteiger partial charge on any atom is -0.508 e. The zero-order chi connectivity index (χ0) is 22.0. The van der Waals surface area contributed by atoms with Crippen LogP contribution in [0.2, 0.25) is 0 Å². The smallest absolute Gasteiger partial charge is 0.255 e. The van der Waals surface area contributed by atoms with Gasteiger partial charge in [0.25, 0.3) is 5.91 Å². The van der Waals surface area contributed by atoms with Crippen LogP contribution in [0, 0.1) is 11.6 Å². The van der Waals surface area contributed by atoms with Crippen LogP contribution in [0.5, 0.6) is 5.75 Å². The molecule has 0 spiro atoms. The number of carbonyl (C=O) groups is 1. The van der Waals surface area contributed by atoms with Crippen LogP contribution in [0.25, 0.3) is 11.1 Å². The monoisotopic (exact) mass is 423 g/mol. The molecular weight excluding hydrogens is 400 g/mol. The van der Waals surface area contributed by atoms with Crippen molar-refractivity contribution in [1.82, 2.24) is 0 Å². The second-order valence-corrected chi connectivity index (χ2v) is 7.65. The summed E-state index contributed by atoms with van der Waals surface area (Å²) in [5.41, 5.74) is 8.04. The number of para-hydroxylation sites is 1. The van der Waals surface area contributed by atoms with Gasteiger partial charge in [-0.25, -0.2) is 8.78 Å². The predicted octanol–water partition coefficient (Wildman–Crippen LogP) is 4.52. The summed E-state index contributed by atoms with van der Waals surface area (Å²) in [4.78, 5) is 14.9. The number of anilines is 2. The lowest BCUT2D eigenvalue weighted by Crippen LogP contribution is -2.40. The van der Waals surface area contributed by atoms with Crippen LogP contribution >= 0.6 is 0 Å². The fourth-order valence-corrected chi connectivity index (χ4v) is 3.87. The first-order valence-corrected chi connectivity index (χ1v) is 10.1. The van der Waals surface area contributed by atoms with Gasteiger partial charge in [0.05, 0.1) is 11.4 Å². The Hall–Kier alpha value is -3.45. The van der Waals surface area contributed by atoms with E-state index in [4.69, 9.17) is 5.73 Å². The van der Waals surface area contributed by atoms with Crippen LogP contribution in [0.1, 0.15) is 23.2 Å². The Bertz CT molecular complexity index is 1110. The summed E-state index contributed by atoms with van der Waals surface area (Å²) in [5, 5.41) is 12.6. The van der Waals surface area contributed by atoms with Gasteiger partial charge < -0.3 is 21.1 Å². The van der Waals surface area contributed by atoms with Gasteiger partial charge in [-0.2, -0.15) is 0 Å². The Kier molecular flexibility index (Phi) is 5.86. The number of nitrogens with one attached hydrogen (secondary N) is 1. The van der Waals surface area contributed by atoms with Crippen LogP contribution in [-0.4, -0.2) is 30.1 Å². The largest absolute Gasteiger partial charge is 0.508 e. The van der Waals surface area contributed by atoms with E-state index in [2.05, 4.69) is 5.32 Å². The standard InChI is InChI=1S/C24H23F2N3O2/c25-16-7-8-21(26)20(14-16)19-5-2-6-22(23(19)29-11-9-17(27)10-12-29)28-24(31)15-3-1-4-18(30)13-15/h1-8,13-14,17,30H,9-12,27H2,(H,28,31). The van der Waals surface area contributed by atoms with E-state index in [1.807, 2.05) is 4.90 Å². The van der Waals surface area contributed by atoms with Crippen LogP contribution < -0.4 is 16.0 Å². The summed E-state index contributed by atoms with van der Waals surface area (Å²) in [5.74, 6) is -1.53. The number of hydrogen-bond acceptors (Lipinski definition) is 4. The molecule has 4 rings (SSSR count). The number of phenols is 1. The molecule has 1 aliphatic rings. The summed E-state index contributed by atoms with van der Waals surface area (Å²) < 4.78 is 28.6. The fraction of sp³-hybridized carbons (Fsp3) is 0.208. The maximum atomic E-state index is 14.6. The molecule has 5 nitrogen and oxygen atoms in total. The highest BCUT2D eigenvalue weighted by Gasteiger charge is 2.24. The number of piperidine rings is 1. The molecule has 3 aromatic rings. The van der Waals surface area contributed by atoms with Gasteiger partial charge in [0, 0.05) is 35.8 Å². The lowest BCUT2D eigenvalue weighted by molar-refractivity contribution is 0.102. The van der Waals surface area contributed by atoms with Crippen molar-refractivity contribution >= 4 is 17.3 Å². The number of phenolic OH excluding ortho intramolecular Hbond substituents is 1. The molecule has 4 N–H and O–H groups in total. The summed E-state index contributed by atoms with van der Waals surface area (Å²) in [7, 11) is 0. The third-order valence-electron chi connectivity index (χ3n) is 5.47. The maximum Gasteiger partial charge on any atom is 0.255 e. The fourth-order valence-electron chi connectivity index (χ4n) is 3.87. The van der Waals surface area contributed by atoms with E-state index in [1.54, 1.807) is 30.3 Å². The normalized spacial score (nSPS) is 14.5. The number of hydrogen-bond donors (Lipinski definition) is 3. The molecule has 31 heavy (non-hydrogen) atoms. The van der Waals surface area contributed by atoms with Crippen molar-refractivity contribution in [2.45, 2.75) is 18.9 Å². The van der Waals surface area contributed by atoms with E-state index < -0.39 is 17.5 Å². The van der Waals surface area contributed by atoms with Gasteiger partial charge in [-0.15, -0.1) is 0 Å². The molecule has 160 valence electrons. The molecule has 1 amide bonds. The lowest BCUT2D eigenvalue weighted by atomic mass is 9.98. The zero-order valence-electron chi connectivity index (χ0n) is 16.8. The van der Waals surface area contributed by atoms with Gasteiger partial charge in [-0.1, -0.05) is 18.2 Å². The highest BCUT2D eigenvalue weighted by atomic mass is 19.1. The van der Waals surface area contributed by atoms with Gasteiger partial charge in [0.15, 0.2) is 0 Å². The van der Waals surface area contributed by atoms with Crippen LogP contribution in [0.4, 0.5) is 20.2 Å². The molecule has 0 radical (unpaired) electrons. The zero-order valence-corrected chi connectivity index (χ0v) is 16.8. The second kappa shape index (κ2) is 8.73. The van der Waals surface area contributed by atoms with Gasteiger partial charge in [0.2, 0.25) is 0 Å². The first kappa shape index (κ1) is 20.8. The Balaban J connectivity index is 1.79. The van der Waals surface area contributed by atoms with Crippen molar-refractivity contribution in [3.63, 3.8) is 0 Å². The first-order chi connectivity index (χ1) is 14.9. The molecule has 1 aliphatic heterocycles. The lowest BCUT2D eigenvalue weighted by Gasteiger charge is -2.35. The molecule has 0 bridgehead atoms. The van der Waals surface area contributed by atoms with Gasteiger partial charge in [-0.3, -0.25) is 4.79 Å². The van der Waals surface area contributed by atoms with Crippen molar-refractivity contribution in [1.29, 1.82) is 0 Å². The quantitative estimate of drug-likeness (QED) is 0.577. The number of nitrogens with zero attached hydrogens (tertiary/aromatic N) is 1. The molecule has 0 aliphatic carbocycles. The third kappa shape index (κ3) is 4.51. The van der Waals surface area contributed by atoms with Crippen molar-refractivity contribution in [3.8, 4) is 16.9 Å². The number of carbonyl (C=O) groups excluding carboxylic acids is 1. The number of halogens is 2. The molecular formula is C24H23F2N3O2. The van der Waals surface area contributed by atoms with Crippen LogP contribution in [0.3, 0.4) is 0 Å². The average molecular weight is 423 g/mol. The maximum absolute atomic E-state index is 14.6. The van der Waals surface area contributed by atoms with Crippen LogP contribution in [0.15, 0.2) is 60.7 Å². The molecule has 3 aromatic carbocycles. The summed E-state index contributed by atoms with van der Waals surface area (Å²) in [6.07, 6.45) is 1.50. The molecule has 0 saturated carbocycles. The van der Waals surface area contributed by atoms with Crippen molar-refractivity contribution in [2.75, 3.05) is 23.3 Å². The minimum atomic E-state index is -0.548. The minimum absolute atomic E-state index is 0.0199. The van der Waals surface area contributed by atoms with Crippen molar-refractivity contribution in [2.24, 2.45) is 5.73 Å². The Morgan fingerprint density at radius 1 is 1.00 bits per heavy atom. The molecule has 1 saturated heterocycles. The predicted molar refractivity (Wildman–Crippen MR) is 117 cm³/mol. The average Bonchev–Trinajstić information content (AvgIpc) is 2.76. The summed E-state index contributed by atoms with van der Waals surface area (Å²) in [6, 6.07) is 14.6. The van der Waals surface area contributed by atoms with Gasteiger partial charge in [0.1, 0.15) is 17.4 Å². The van der Waals surface area contributed by atoms with Gasteiger partial charge in [-0.05, 0) is 55.3 Å². The Morgan fingerprint density at radius 3 is 2.48 bits per heavy atom. The number of amides is 1. The van der Waals surface area contributed by atoms with E-state index in [9.17, 15) is 18.7 Å².